The Morgan fingerprint density at radius 1 is 1.09 bits per heavy atom. The van der Waals surface area contributed by atoms with Crippen molar-refractivity contribution in [2.75, 3.05) is 19.0 Å². The van der Waals surface area contributed by atoms with Crippen LogP contribution in [0.2, 0.25) is 0 Å². The van der Waals surface area contributed by atoms with E-state index in [0.29, 0.717) is 10.6 Å². The predicted molar refractivity (Wildman–Crippen MR) is 96.6 cm³/mol. The molecule has 0 saturated heterocycles. The van der Waals surface area contributed by atoms with Crippen LogP contribution in [0.3, 0.4) is 0 Å². The Balaban J connectivity index is 1.91. The summed E-state index contributed by atoms with van der Waals surface area (Å²) in [5.74, 6) is 0.691. The maximum Gasteiger partial charge on any atom is 0.216 e. The molecule has 0 aliphatic heterocycles. The normalized spacial score (nSPS) is 11.0. The molecule has 0 bridgehead atoms. The zero-order valence-electron chi connectivity index (χ0n) is 13.0. The molecule has 2 aromatic carbocycles. The van der Waals surface area contributed by atoms with Crippen LogP contribution in [0.4, 0.5) is 5.69 Å². The predicted octanol–water partition coefficient (Wildman–Crippen LogP) is 3.56. The van der Waals surface area contributed by atoms with Crippen molar-refractivity contribution in [3.05, 3.63) is 64.9 Å². The van der Waals surface area contributed by atoms with E-state index < -0.39 is 0 Å². The SMILES string of the molecule is CN(C)c1ccc(/C=N/n2c(-c3ccccc3)n[nH]c2=S)cc1. The van der Waals surface area contributed by atoms with E-state index in [1.54, 1.807) is 10.9 Å². The van der Waals surface area contributed by atoms with E-state index in [1.807, 2.05) is 68.7 Å². The second kappa shape index (κ2) is 6.58. The lowest BCUT2D eigenvalue weighted by atomic mass is 10.2. The van der Waals surface area contributed by atoms with Gasteiger partial charge in [-0.1, -0.05) is 42.5 Å². The van der Waals surface area contributed by atoms with Gasteiger partial charge in [0.15, 0.2) is 5.82 Å². The van der Waals surface area contributed by atoms with Crippen LogP contribution in [0.5, 0.6) is 0 Å². The highest BCUT2D eigenvalue weighted by molar-refractivity contribution is 7.71. The summed E-state index contributed by atoms with van der Waals surface area (Å²) in [6, 6.07) is 18.0. The summed E-state index contributed by atoms with van der Waals surface area (Å²) in [7, 11) is 4.03. The first-order chi connectivity index (χ1) is 11.1. The quantitative estimate of drug-likeness (QED) is 0.590. The standard InChI is InChI=1S/C17H17N5S/c1-21(2)15-10-8-13(9-11-15)12-18-22-16(19-20-17(22)23)14-6-4-3-5-7-14/h3-12H,1-2H3,(H,20,23)/b18-12+. The number of nitrogens with zero attached hydrogens (tertiary/aromatic N) is 4. The number of aromatic amines is 1. The van der Waals surface area contributed by atoms with Crippen LogP contribution in [0.15, 0.2) is 59.7 Å². The van der Waals surface area contributed by atoms with Gasteiger partial charge in [0.1, 0.15) is 0 Å². The van der Waals surface area contributed by atoms with E-state index in [9.17, 15) is 0 Å². The van der Waals surface area contributed by atoms with Gasteiger partial charge in [-0.25, -0.2) is 5.10 Å². The summed E-state index contributed by atoms with van der Waals surface area (Å²) >= 11 is 5.27. The highest BCUT2D eigenvalue weighted by atomic mass is 32.1. The molecule has 1 heterocycles. The summed E-state index contributed by atoms with van der Waals surface area (Å²) in [5.41, 5.74) is 3.10. The van der Waals surface area contributed by atoms with Gasteiger partial charge in [-0.15, -0.1) is 0 Å². The molecule has 0 aliphatic rings. The third-order valence-electron chi connectivity index (χ3n) is 3.41. The minimum Gasteiger partial charge on any atom is -0.378 e. The molecular formula is C17H17N5S. The van der Waals surface area contributed by atoms with Crippen LogP contribution in [0.1, 0.15) is 5.56 Å². The Kier molecular flexibility index (Phi) is 4.34. The molecule has 0 radical (unpaired) electrons. The van der Waals surface area contributed by atoms with Crippen molar-refractivity contribution < 1.29 is 0 Å². The first kappa shape index (κ1) is 15.2. The van der Waals surface area contributed by atoms with Crippen molar-refractivity contribution >= 4 is 24.1 Å². The average Bonchev–Trinajstić information content (AvgIpc) is 2.95. The van der Waals surface area contributed by atoms with Gasteiger partial charge in [0.2, 0.25) is 4.77 Å². The Morgan fingerprint density at radius 2 is 1.78 bits per heavy atom. The first-order valence-corrected chi connectivity index (χ1v) is 7.60. The average molecular weight is 323 g/mol. The highest BCUT2D eigenvalue weighted by Crippen LogP contribution is 2.16. The van der Waals surface area contributed by atoms with Crippen LogP contribution in [-0.4, -0.2) is 35.2 Å². The van der Waals surface area contributed by atoms with E-state index in [1.165, 1.54) is 0 Å². The van der Waals surface area contributed by atoms with Gasteiger partial charge in [-0.05, 0) is 29.9 Å². The number of rotatable bonds is 4. The third-order valence-corrected chi connectivity index (χ3v) is 3.68. The fourth-order valence-electron chi connectivity index (χ4n) is 2.16. The third kappa shape index (κ3) is 3.37. The van der Waals surface area contributed by atoms with Crippen LogP contribution in [0, 0.1) is 4.77 Å². The van der Waals surface area contributed by atoms with Crippen molar-refractivity contribution in [2.24, 2.45) is 5.10 Å². The van der Waals surface area contributed by atoms with Gasteiger partial charge in [-0.2, -0.15) is 14.9 Å². The summed E-state index contributed by atoms with van der Waals surface area (Å²) in [6.45, 7) is 0. The number of nitrogens with one attached hydrogen (secondary N) is 1. The molecule has 0 spiro atoms. The molecule has 23 heavy (non-hydrogen) atoms. The Labute approximate surface area is 139 Å². The van der Waals surface area contributed by atoms with Gasteiger partial charge < -0.3 is 4.90 Å². The fraction of sp³-hybridized carbons (Fsp3) is 0.118. The highest BCUT2D eigenvalue weighted by Gasteiger charge is 2.06. The zero-order chi connectivity index (χ0) is 16.2. The van der Waals surface area contributed by atoms with E-state index in [2.05, 4.69) is 20.2 Å². The Morgan fingerprint density at radius 3 is 2.43 bits per heavy atom. The number of benzene rings is 2. The van der Waals surface area contributed by atoms with Crippen LogP contribution in [-0.2, 0) is 0 Å². The Bertz CT molecular complexity index is 860. The van der Waals surface area contributed by atoms with Crippen molar-refractivity contribution in [1.29, 1.82) is 0 Å². The van der Waals surface area contributed by atoms with Crippen LogP contribution < -0.4 is 4.90 Å². The summed E-state index contributed by atoms with van der Waals surface area (Å²) < 4.78 is 2.09. The van der Waals surface area contributed by atoms with Crippen LogP contribution >= 0.6 is 12.2 Å². The lowest BCUT2D eigenvalue weighted by Gasteiger charge is -2.11. The number of H-pyrrole nitrogens is 1. The molecular weight excluding hydrogens is 306 g/mol. The lowest BCUT2D eigenvalue weighted by molar-refractivity contribution is 0.871. The summed E-state index contributed by atoms with van der Waals surface area (Å²) in [4.78, 5) is 2.06. The van der Waals surface area contributed by atoms with Crippen LogP contribution in [0.25, 0.3) is 11.4 Å². The van der Waals surface area contributed by atoms with E-state index in [4.69, 9.17) is 12.2 Å². The zero-order valence-corrected chi connectivity index (χ0v) is 13.8. The molecule has 3 aromatic rings. The minimum absolute atomic E-state index is 0.463. The number of aromatic nitrogens is 3. The largest absolute Gasteiger partial charge is 0.378 e. The smallest absolute Gasteiger partial charge is 0.216 e. The molecule has 0 unspecified atom stereocenters. The first-order valence-electron chi connectivity index (χ1n) is 7.20. The lowest BCUT2D eigenvalue weighted by Crippen LogP contribution is -2.08. The summed E-state index contributed by atoms with van der Waals surface area (Å²) in [6.07, 6.45) is 1.78. The van der Waals surface area contributed by atoms with E-state index in [0.717, 1.165) is 16.8 Å². The molecule has 116 valence electrons. The number of hydrogen-bond acceptors (Lipinski definition) is 4. The summed E-state index contributed by atoms with van der Waals surface area (Å²) in [5, 5.41) is 11.5. The minimum atomic E-state index is 0.463. The maximum atomic E-state index is 5.27. The van der Waals surface area contributed by atoms with E-state index >= 15 is 0 Å². The number of hydrogen-bond donors (Lipinski definition) is 1. The number of anilines is 1. The van der Waals surface area contributed by atoms with Gasteiger partial charge in [-0.3, -0.25) is 0 Å². The topological polar surface area (TPSA) is 49.2 Å². The van der Waals surface area contributed by atoms with Gasteiger partial charge in [0.25, 0.3) is 0 Å². The van der Waals surface area contributed by atoms with Crippen molar-refractivity contribution in [1.82, 2.24) is 14.9 Å². The molecule has 0 fully saturated rings. The van der Waals surface area contributed by atoms with Crippen molar-refractivity contribution in [2.45, 2.75) is 0 Å². The monoisotopic (exact) mass is 323 g/mol. The molecule has 0 amide bonds. The van der Waals surface area contributed by atoms with Gasteiger partial charge in [0.05, 0.1) is 6.21 Å². The molecule has 5 nitrogen and oxygen atoms in total. The molecule has 6 heteroatoms. The molecule has 3 rings (SSSR count). The molecule has 1 N–H and O–H groups in total. The molecule has 0 aliphatic carbocycles. The maximum absolute atomic E-state index is 5.27. The van der Waals surface area contributed by atoms with Gasteiger partial charge >= 0.3 is 0 Å². The van der Waals surface area contributed by atoms with Crippen molar-refractivity contribution in [3.63, 3.8) is 0 Å². The van der Waals surface area contributed by atoms with Crippen molar-refractivity contribution in [3.8, 4) is 11.4 Å². The van der Waals surface area contributed by atoms with Gasteiger partial charge in [0, 0.05) is 25.3 Å². The second-order valence-corrected chi connectivity index (χ2v) is 5.65. The fourth-order valence-corrected chi connectivity index (χ4v) is 2.34. The Hall–Kier alpha value is -2.73. The van der Waals surface area contributed by atoms with E-state index in [-0.39, 0.29) is 0 Å². The molecule has 0 saturated carbocycles. The molecule has 0 atom stereocenters. The molecule has 1 aromatic heterocycles. The second-order valence-electron chi connectivity index (χ2n) is 5.26.